The van der Waals surface area contributed by atoms with Crippen molar-refractivity contribution >= 4 is 73.2 Å². The van der Waals surface area contributed by atoms with Gasteiger partial charge in [0.25, 0.3) is 6.71 Å². The SMILES string of the molecule is CN1C=CN(c2[c-]c3c(cc2)Oc2cccc4c2B3c2[c-]c(N3C=CN(C)[CH-]3)ccc2O4)[CH-]1.C[n+]1ccn(-c2ccc3c(c2)B2c4cc(-n5cc[n+](C)c5)ccc4Oc4cccc(c42)O3)c1.F[P-](F)(F)(F)(F)F.F[P-](F)(F)(F)(F)F.[Pt+4]. The fourth-order valence-corrected chi connectivity index (χ4v) is 9.66. The summed E-state index contributed by atoms with van der Waals surface area (Å²) in [5, 5.41) is 0. The molecule has 0 bridgehead atoms. The molecule has 422 valence electrons. The third-order valence-electron chi connectivity index (χ3n) is 12.8. The Labute approximate surface area is 469 Å². The van der Waals surface area contributed by atoms with Crippen LogP contribution >= 0.6 is 15.6 Å². The van der Waals surface area contributed by atoms with Gasteiger partial charge in [-0.25, -0.2) is 18.3 Å². The molecule has 81 heavy (non-hydrogen) atoms. The van der Waals surface area contributed by atoms with Gasteiger partial charge in [-0.2, -0.15) is 25.5 Å². The fraction of sp³-hybridized carbons (Fsp3) is 0.0769. The second-order valence-electron chi connectivity index (χ2n) is 19.2. The smallest absolute Gasteiger partial charge is 4.00 e. The van der Waals surface area contributed by atoms with Crippen LogP contribution in [0.1, 0.15) is 0 Å². The molecule has 6 aliphatic heterocycles. The van der Waals surface area contributed by atoms with E-state index in [9.17, 15) is 50.4 Å². The summed E-state index contributed by atoms with van der Waals surface area (Å²) in [4.78, 5) is 8.14. The van der Waals surface area contributed by atoms with Crippen molar-refractivity contribution in [2.45, 2.75) is 0 Å². The van der Waals surface area contributed by atoms with E-state index in [1.165, 1.54) is 0 Å². The number of hydrogen-bond donors (Lipinski definition) is 0. The van der Waals surface area contributed by atoms with E-state index in [0.717, 1.165) is 102 Å². The van der Waals surface area contributed by atoms with E-state index in [0.29, 0.717) is 0 Å². The maximum Gasteiger partial charge on any atom is 4.00 e. The summed E-state index contributed by atoms with van der Waals surface area (Å²) in [6.45, 7) is 3.99. The predicted molar refractivity (Wildman–Crippen MR) is 281 cm³/mol. The molecular weight excluding hydrogens is 1310 g/mol. The molecule has 0 unspecified atom stereocenters. The van der Waals surface area contributed by atoms with Crippen molar-refractivity contribution in [2.75, 3.05) is 23.9 Å². The van der Waals surface area contributed by atoms with Crippen LogP contribution in [0.25, 0.3) is 11.4 Å². The monoisotopic (exact) mass is 1350 g/mol. The summed E-state index contributed by atoms with van der Waals surface area (Å²) >= 11 is 0. The molecule has 14 rings (SSSR count). The maximum atomic E-state index is 9.87. The number of aryl methyl sites for hydroxylation is 2. The van der Waals surface area contributed by atoms with Crippen LogP contribution in [0.15, 0.2) is 159 Å². The number of fused-ring (bicyclic) bond motifs is 8. The molecule has 0 saturated carbocycles. The third kappa shape index (κ3) is 13.3. The summed E-state index contributed by atoms with van der Waals surface area (Å²) in [5.41, 5.74) is 10.5. The van der Waals surface area contributed by atoms with E-state index < -0.39 is 15.6 Å². The number of aromatic nitrogens is 4. The summed E-state index contributed by atoms with van der Waals surface area (Å²) in [5.74, 6) is 6.73. The minimum atomic E-state index is -10.7. The maximum absolute atomic E-state index is 10.7. The van der Waals surface area contributed by atoms with E-state index in [1.54, 1.807) is 0 Å². The van der Waals surface area contributed by atoms with Crippen LogP contribution in [0, 0.1) is 25.5 Å². The Balaban J connectivity index is 0.000000146. The normalized spacial score (nSPS) is 16.2. The summed E-state index contributed by atoms with van der Waals surface area (Å²) < 4.78 is 152. The Morgan fingerprint density at radius 2 is 0.802 bits per heavy atom. The van der Waals surface area contributed by atoms with E-state index in [2.05, 4.69) is 92.5 Å². The van der Waals surface area contributed by atoms with Crippen molar-refractivity contribution in [3.63, 3.8) is 0 Å². The van der Waals surface area contributed by atoms with E-state index >= 15 is 0 Å². The van der Waals surface area contributed by atoms with Gasteiger partial charge in [-0.15, -0.1) is 46.6 Å². The molecular formula is C52H40B2F12N8O4P2Pt. The molecule has 6 aromatic carbocycles. The zero-order valence-electron chi connectivity index (χ0n) is 42.3. The zero-order valence-corrected chi connectivity index (χ0v) is 46.3. The molecule has 0 aliphatic carbocycles. The molecule has 6 aliphatic rings. The first-order valence-electron chi connectivity index (χ1n) is 23.8. The van der Waals surface area contributed by atoms with Gasteiger partial charge in [0.1, 0.15) is 70.7 Å². The molecule has 29 heteroatoms. The number of nitrogens with zero attached hydrogens (tertiary/aromatic N) is 8. The Hall–Kier alpha value is -7.54. The minimum absolute atomic E-state index is 0. The topological polar surface area (TPSA) is 67.5 Å². The fourth-order valence-electron chi connectivity index (χ4n) is 9.66. The standard InChI is InChI=1S/C26H21BN4O2.C26H19BN4O2.2F6P.Pt/c2*1-28-10-12-30(16-28)18-6-8-22-20(14-18)27-21-15-19(31-13-11-29(2)17-31)7-9-23(21)33-25-5-3-4-24(32-22)26(25)27;2*1-7(2,3,4,5)6;/h3-17H,1-2H3;3-13,16-17H,1-2H3;;;/q+2;-4;2*-1;+4. The van der Waals surface area contributed by atoms with Gasteiger partial charge in [-0.1, -0.05) is 12.1 Å². The summed E-state index contributed by atoms with van der Waals surface area (Å²) in [6, 6.07) is 40.2. The van der Waals surface area contributed by atoms with Crippen LogP contribution in [0.4, 0.5) is 61.7 Å². The number of halogens is 12. The minimum Gasteiger partial charge on any atom is 4.00 e. The van der Waals surface area contributed by atoms with Gasteiger partial charge in [-0.05, 0) is 110 Å². The molecule has 0 spiro atoms. The van der Waals surface area contributed by atoms with Crippen LogP contribution in [0.5, 0.6) is 46.0 Å². The second kappa shape index (κ2) is 18.8. The molecule has 12 nitrogen and oxygen atoms in total. The predicted octanol–water partition coefficient (Wildman–Crippen LogP) is 11.1. The van der Waals surface area contributed by atoms with Crippen LogP contribution in [-0.4, -0.2) is 46.5 Å². The first kappa shape index (κ1) is 56.7. The van der Waals surface area contributed by atoms with E-state index in [4.69, 9.17) is 18.9 Å². The first-order chi connectivity index (χ1) is 37.2. The Morgan fingerprint density at radius 3 is 1.14 bits per heavy atom. The average molecular weight is 1350 g/mol. The largest absolute Gasteiger partial charge is 4.00 e. The van der Waals surface area contributed by atoms with Crippen molar-refractivity contribution in [3.8, 4) is 57.4 Å². The number of rotatable bonds is 4. The van der Waals surface area contributed by atoms with Crippen molar-refractivity contribution in [1.82, 2.24) is 18.9 Å². The van der Waals surface area contributed by atoms with Crippen molar-refractivity contribution in [3.05, 3.63) is 185 Å². The van der Waals surface area contributed by atoms with Gasteiger partial charge < -0.3 is 38.5 Å². The average Bonchev–Trinajstić information content (AvgIpc) is 4.26. The van der Waals surface area contributed by atoms with Gasteiger partial charge >= 0.3 is 87.0 Å². The van der Waals surface area contributed by atoms with Crippen molar-refractivity contribution < 1.29 is 99.5 Å². The van der Waals surface area contributed by atoms with Gasteiger partial charge in [0.05, 0.1) is 14.1 Å². The van der Waals surface area contributed by atoms with Gasteiger partial charge in [0.15, 0.2) is 0 Å². The number of hydrogen-bond acceptors (Lipinski definition) is 8. The molecule has 0 saturated heterocycles. The Kier molecular flexibility index (Phi) is 13.1. The quantitative estimate of drug-likeness (QED) is 0.0568. The van der Waals surface area contributed by atoms with Crippen LogP contribution < -0.4 is 70.7 Å². The number of benzene rings is 6. The van der Waals surface area contributed by atoms with E-state index in [-0.39, 0.29) is 34.5 Å². The molecule has 8 heterocycles. The number of anilines is 2. The second-order valence-corrected chi connectivity index (χ2v) is 23.0. The molecule has 0 N–H and O–H groups in total. The van der Waals surface area contributed by atoms with Crippen LogP contribution in [0.2, 0.25) is 0 Å². The van der Waals surface area contributed by atoms with Gasteiger partial charge in [0, 0.05) is 22.4 Å². The summed E-state index contributed by atoms with van der Waals surface area (Å²) in [6.07, 6.45) is 20.4. The molecule has 0 amide bonds. The molecule has 0 fully saturated rings. The number of imidazole rings is 2. The number of ether oxygens (including phenoxy) is 4. The van der Waals surface area contributed by atoms with Crippen LogP contribution in [0.3, 0.4) is 0 Å². The molecule has 2 aromatic heterocycles. The third-order valence-corrected chi connectivity index (χ3v) is 12.8. The van der Waals surface area contributed by atoms with E-state index in [1.807, 2.05) is 158 Å². The molecule has 8 aromatic rings. The van der Waals surface area contributed by atoms with Gasteiger partial charge in [-0.3, -0.25) is 0 Å². The first-order valence-corrected chi connectivity index (χ1v) is 27.9. The molecule has 0 atom stereocenters. The van der Waals surface area contributed by atoms with Crippen molar-refractivity contribution in [1.29, 1.82) is 0 Å². The zero-order chi connectivity index (χ0) is 57.0. The van der Waals surface area contributed by atoms with Crippen molar-refractivity contribution in [2.24, 2.45) is 14.1 Å². The molecule has 0 radical (unpaired) electrons. The Morgan fingerprint density at radius 1 is 0.457 bits per heavy atom. The summed E-state index contributed by atoms with van der Waals surface area (Å²) in [7, 11) is -13.2. The van der Waals surface area contributed by atoms with Gasteiger partial charge in [0.2, 0.25) is 19.4 Å². The Bertz CT molecular complexity index is 3630. The van der Waals surface area contributed by atoms with Crippen LogP contribution in [-0.2, 0) is 35.2 Å².